The van der Waals surface area contributed by atoms with Gasteiger partial charge in [-0.25, -0.2) is 4.39 Å². The van der Waals surface area contributed by atoms with Crippen molar-refractivity contribution < 1.29 is 4.39 Å². The minimum atomic E-state index is -0.203. The van der Waals surface area contributed by atoms with E-state index in [-0.39, 0.29) is 5.82 Å². The van der Waals surface area contributed by atoms with Crippen molar-refractivity contribution in [3.63, 3.8) is 0 Å². The smallest absolute Gasteiger partial charge is 0.123 e. The molecule has 0 aliphatic rings. The molecule has 0 bridgehead atoms. The average molecular weight is 263 g/mol. The van der Waals surface area contributed by atoms with Crippen LogP contribution in [0, 0.1) is 5.82 Å². The number of hydrogen-bond acceptors (Lipinski definition) is 0. The van der Waals surface area contributed by atoms with Gasteiger partial charge in [0.25, 0.3) is 0 Å². The van der Waals surface area contributed by atoms with E-state index in [1.54, 1.807) is 12.1 Å². The highest BCUT2D eigenvalue weighted by Gasteiger charge is 2.05. The standard InChI is InChI=1S/C16H16ClF/c1-12(10-11-17)13-2-4-14(5-3-13)15-6-8-16(18)9-7-15/h2-9,12H,10-11H2,1H3. The van der Waals surface area contributed by atoms with Crippen LogP contribution in [-0.4, -0.2) is 5.88 Å². The van der Waals surface area contributed by atoms with Gasteiger partial charge in [-0.2, -0.15) is 0 Å². The van der Waals surface area contributed by atoms with Gasteiger partial charge >= 0.3 is 0 Å². The molecule has 0 amide bonds. The van der Waals surface area contributed by atoms with Gasteiger partial charge in [0.1, 0.15) is 5.82 Å². The third-order valence-electron chi connectivity index (χ3n) is 3.20. The van der Waals surface area contributed by atoms with Crippen molar-refractivity contribution in [3.05, 3.63) is 59.9 Å². The molecule has 0 radical (unpaired) electrons. The van der Waals surface area contributed by atoms with Gasteiger partial charge in [0.2, 0.25) is 0 Å². The fourth-order valence-electron chi connectivity index (χ4n) is 1.98. The van der Waals surface area contributed by atoms with Crippen LogP contribution >= 0.6 is 11.6 Å². The van der Waals surface area contributed by atoms with Gasteiger partial charge in [-0.15, -0.1) is 11.6 Å². The van der Waals surface area contributed by atoms with Crippen LogP contribution < -0.4 is 0 Å². The molecular formula is C16H16ClF. The normalized spacial score (nSPS) is 12.4. The maximum atomic E-state index is 12.8. The van der Waals surface area contributed by atoms with Crippen LogP contribution in [-0.2, 0) is 0 Å². The van der Waals surface area contributed by atoms with Gasteiger partial charge in [-0.05, 0) is 41.2 Å². The molecule has 0 nitrogen and oxygen atoms in total. The lowest BCUT2D eigenvalue weighted by Gasteiger charge is -2.10. The second kappa shape index (κ2) is 6.01. The highest BCUT2D eigenvalue weighted by atomic mass is 35.5. The molecule has 0 fully saturated rings. The first-order valence-electron chi connectivity index (χ1n) is 6.12. The number of halogens is 2. The molecule has 0 aliphatic heterocycles. The summed E-state index contributed by atoms with van der Waals surface area (Å²) in [5, 5.41) is 0. The van der Waals surface area contributed by atoms with E-state index in [1.165, 1.54) is 17.7 Å². The Kier molecular flexibility index (Phi) is 4.38. The summed E-state index contributed by atoms with van der Waals surface area (Å²) >= 11 is 5.75. The van der Waals surface area contributed by atoms with Crippen molar-refractivity contribution in [2.45, 2.75) is 19.3 Å². The SMILES string of the molecule is CC(CCCl)c1ccc(-c2ccc(F)cc2)cc1. The predicted molar refractivity (Wildman–Crippen MR) is 75.6 cm³/mol. The van der Waals surface area contributed by atoms with Crippen molar-refractivity contribution in [1.82, 2.24) is 0 Å². The summed E-state index contributed by atoms with van der Waals surface area (Å²) in [7, 11) is 0. The van der Waals surface area contributed by atoms with E-state index in [9.17, 15) is 4.39 Å². The zero-order valence-corrected chi connectivity index (χ0v) is 11.1. The fraction of sp³-hybridized carbons (Fsp3) is 0.250. The zero-order chi connectivity index (χ0) is 13.0. The van der Waals surface area contributed by atoms with Crippen molar-refractivity contribution in [1.29, 1.82) is 0 Å². The minimum absolute atomic E-state index is 0.203. The van der Waals surface area contributed by atoms with Crippen LogP contribution in [0.4, 0.5) is 4.39 Å². The van der Waals surface area contributed by atoms with Crippen LogP contribution in [0.5, 0.6) is 0 Å². The van der Waals surface area contributed by atoms with E-state index in [4.69, 9.17) is 11.6 Å². The van der Waals surface area contributed by atoms with E-state index in [0.29, 0.717) is 11.8 Å². The molecular weight excluding hydrogens is 247 g/mol. The molecule has 0 saturated heterocycles. The summed E-state index contributed by atoms with van der Waals surface area (Å²) in [5.41, 5.74) is 3.44. The number of benzene rings is 2. The third kappa shape index (κ3) is 3.11. The second-order valence-electron chi connectivity index (χ2n) is 4.51. The summed E-state index contributed by atoms with van der Waals surface area (Å²) in [5.74, 6) is 0.955. The highest BCUT2D eigenvalue weighted by Crippen LogP contribution is 2.24. The van der Waals surface area contributed by atoms with Crippen LogP contribution in [0.15, 0.2) is 48.5 Å². The Bertz CT molecular complexity index is 488. The molecule has 2 aromatic rings. The molecule has 18 heavy (non-hydrogen) atoms. The van der Waals surface area contributed by atoms with Crippen LogP contribution in [0.25, 0.3) is 11.1 Å². The second-order valence-corrected chi connectivity index (χ2v) is 4.89. The molecule has 0 spiro atoms. The first-order chi connectivity index (χ1) is 8.70. The molecule has 1 unspecified atom stereocenters. The lowest BCUT2D eigenvalue weighted by Crippen LogP contribution is -1.94. The molecule has 1 atom stereocenters. The first-order valence-corrected chi connectivity index (χ1v) is 6.66. The Morgan fingerprint density at radius 3 is 1.94 bits per heavy atom. The Balaban J connectivity index is 2.19. The van der Waals surface area contributed by atoms with Crippen molar-refractivity contribution in [2.75, 3.05) is 5.88 Å². The average Bonchev–Trinajstić information content (AvgIpc) is 2.40. The minimum Gasteiger partial charge on any atom is -0.207 e. The summed E-state index contributed by atoms with van der Waals surface area (Å²) in [6.07, 6.45) is 0.984. The molecule has 2 heteroatoms. The Labute approximate surface area is 112 Å². The number of hydrogen-bond donors (Lipinski definition) is 0. The molecule has 0 aliphatic carbocycles. The zero-order valence-electron chi connectivity index (χ0n) is 10.4. The summed E-state index contributed by atoms with van der Waals surface area (Å²) in [6.45, 7) is 2.18. The quantitative estimate of drug-likeness (QED) is 0.662. The van der Waals surface area contributed by atoms with E-state index < -0.39 is 0 Å². The van der Waals surface area contributed by atoms with Crippen LogP contribution in [0.3, 0.4) is 0 Å². The Hall–Kier alpha value is -1.34. The maximum Gasteiger partial charge on any atom is 0.123 e. The maximum absolute atomic E-state index is 12.8. The van der Waals surface area contributed by atoms with Crippen LogP contribution in [0.1, 0.15) is 24.8 Å². The van der Waals surface area contributed by atoms with Crippen molar-refractivity contribution in [2.24, 2.45) is 0 Å². The molecule has 2 aromatic carbocycles. The van der Waals surface area contributed by atoms with Crippen LogP contribution in [0.2, 0.25) is 0 Å². The van der Waals surface area contributed by atoms with Crippen molar-refractivity contribution in [3.8, 4) is 11.1 Å². The largest absolute Gasteiger partial charge is 0.207 e. The highest BCUT2D eigenvalue weighted by molar-refractivity contribution is 6.17. The van der Waals surface area contributed by atoms with Gasteiger partial charge < -0.3 is 0 Å². The molecule has 94 valence electrons. The van der Waals surface area contributed by atoms with Crippen molar-refractivity contribution >= 4 is 11.6 Å². The molecule has 2 rings (SSSR count). The van der Waals surface area contributed by atoms with E-state index >= 15 is 0 Å². The summed E-state index contributed by atoms with van der Waals surface area (Å²) in [6, 6.07) is 15.0. The predicted octanol–water partition coefficient (Wildman–Crippen LogP) is 5.23. The fourth-order valence-corrected chi connectivity index (χ4v) is 2.30. The monoisotopic (exact) mass is 262 g/mol. The summed E-state index contributed by atoms with van der Waals surface area (Å²) < 4.78 is 12.8. The van der Waals surface area contributed by atoms with E-state index in [2.05, 4.69) is 31.2 Å². The van der Waals surface area contributed by atoms with Gasteiger partial charge in [0, 0.05) is 5.88 Å². The Morgan fingerprint density at radius 2 is 1.44 bits per heavy atom. The number of rotatable bonds is 4. The van der Waals surface area contributed by atoms with E-state index in [1.807, 2.05) is 0 Å². The molecule has 0 aromatic heterocycles. The topological polar surface area (TPSA) is 0 Å². The van der Waals surface area contributed by atoms with E-state index in [0.717, 1.165) is 17.5 Å². The molecule has 0 saturated carbocycles. The number of alkyl halides is 1. The molecule has 0 heterocycles. The first kappa shape index (κ1) is 13.1. The summed E-state index contributed by atoms with van der Waals surface area (Å²) in [4.78, 5) is 0. The van der Waals surface area contributed by atoms with Gasteiger partial charge in [-0.3, -0.25) is 0 Å². The third-order valence-corrected chi connectivity index (χ3v) is 3.42. The Morgan fingerprint density at radius 1 is 0.944 bits per heavy atom. The lowest BCUT2D eigenvalue weighted by atomic mass is 9.96. The van der Waals surface area contributed by atoms with Gasteiger partial charge in [0.15, 0.2) is 0 Å². The molecule has 0 N–H and O–H groups in total. The lowest BCUT2D eigenvalue weighted by molar-refractivity contribution is 0.628. The van der Waals surface area contributed by atoms with Gasteiger partial charge in [0.05, 0.1) is 0 Å². The van der Waals surface area contributed by atoms with Gasteiger partial charge in [-0.1, -0.05) is 43.3 Å².